The van der Waals surface area contributed by atoms with Crippen LogP contribution in [-0.4, -0.2) is 189 Å². The van der Waals surface area contributed by atoms with Crippen molar-refractivity contribution in [2.45, 2.75) is 119 Å². The van der Waals surface area contributed by atoms with Crippen LogP contribution in [-0.2, 0) is 30.3 Å². The molecule has 23 heteroatoms. The Labute approximate surface area is 459 Å². The molecule has 3 fully saturated rings. The topological polar surface area (TPSA) is 315 Å². The molecule has 5 aliphatic rings. The number of aliphatic imine (C=N–C) groups is 1. The second-order valence-corrected chi connectivity index (χ2v) is 20.5. The van der Waals surface area contributed by atoms with Crippen molar-refractivity contribution >= 4 is 23.8 Å². The van der Waals surface area contributed by atoms with Crippen molar-refractivity contribution in [3.63, 3.8) is 0 Å². The van der Waals surface area contributed by atoms with Gasteiger partial charge < -0.3 is 88.6 Å². The number of para-hydroxylation sites is 2. The third-order valence-corrected chi connectivity index (χ3v) is 15.2. The van der Waals surface area contributed by atoms with Gasteiger partial charge in [0.15, 0.2) is 18.8 Å². The standard InChI is InChI=1S/C57H62BN5O17/c1-28-21-29(2)44(30(3)22-28)45(38-20-19-37-34-14-8-10-16-40(34)80-58(63(37)38)31-11-5-4-6-12-31)36-18-17-35(59-36)33-13-7-9-15-39(33)74-27-32-23-62(61-60-32)55-50(71)48(69)53(42(25-65)75-55)78-57-52(73)49(70)54(43(26-66)77-57)79-56-51(72)47(68)46(67)41(24-64)76-56/h4-23,41-43,46-57,64-73H,24-27H2,1-3H3/b45-36+. The number of aryl methyl sites for hydroxylation is 3. The summed E-state index contributed by atoms with van der Waals surface area (Å²) in [6, 6.07) is 34.3. The highest BCUT2D eigenvalue weighted by Crippen LogP contribution is 2.43. The molecule has 80 heavy (non-hydrogen) atoms. The summed E-state index contributed by atoms with van der Waals surface area (Å²) in [5.74, 6) is 1.28. The van der Waals surface area contributed by atoms with Crippen molar-refractivity contribution in [3.05, 3.63) is 166 Å². The number of nitrogens with zero attached hydrogens (tertiary/aromatic N) is 5. The maximum absolute atomic E-state index is 11.5. The van der Waals surface area contributed by atoms with E-state index in [4.69, 9.17) is 38.1 Å². The zero-order valence-corrected chi connectivity index (χ0v) is 43.7. The molecule has 2 aromatic heterocycles. The summed E-state index contributed by atoms with van der Waals surface area (Å²) in [7, 11) is -0.473. The average molecular weight is 1100 g/mol. The van der Waals surface area contributed by atoms with Gasteiger partial charge in [0.25, 0.3) is 0 Å². The van der Waals surface area contributed by atoms with Gasteiger partial charge in [-0.3, -0.25) is 0 Å². The second kappa shape index (κ2) is 23.2. The summed E-state index contributed by atoms with van der Waals surface area (Å²) < 4.78 is 45.2. The minimum Gasteiger partial charge on any atom is -0.537 e. The molecule has 11 rings (SSSR count). The molecule has 5 aliphatic heterocycles. The predicted octanol–water partition coefficient (Wildman–Crippen LogP) is 0.326. The number of allylic oxidation sites excluding steroid dienone is 2. The van der Waals surface area contributed by atoms with Gasteiger partial charge in [0, 0.05) is 28.1 Å². The molecular weight excluding hydrogens is 1040 g/mol. The Morgan fingerprint density at radius 2 is 1.24 bits per heavy atom. The summed E-state index contributed by atoms with van der Waals surface area (Å²) in [5.41, 5.74) is 11.6. The Balaban J connectivity index is 0.808. The second-order valence-electron chi connectivity index (χ2n) is 20.5. The highest BCUT2D eigenvalue weighted by Gasteiger charge is 2.54. The van der Waals surface area contributed by atoms with Gasteiger partial charge in [-0.15, -0.1) is 5.10 Å². The number of benzene rings is 4. The smallest absolute Gasteiger partial charge is 0.524 e. The van der Waals surface area contributed by atoms with Crippen LogP contribution in [0.5, 0.6) is 11.5 Å². The Morgan fingerprint density at radius 3 is 1.94 bits per heavy atom. The first-order valence-corrected chi connectivity index (χ1v) is 26.3. The van der Waals surface area contributed by atoms with E-state index in [1.165, 1.54) is 6.20 Å². The van der Waals surface area contributed by atoms with Crippen molar-refractivity contribution < 1.29 is 84.1 Å². The molecule has 420 valence electrons. The van der Waals surface area contributed by atoms with Crippen molar-refractivity contribution in [2.75, 3.05) is 19.8 Å². The van der Waals surface area contributed by atoms with E-state index >= 15 is 0 Å². The van der Waals surface area contributed by atoms with Crippen LogP contribution in [0.3, 0.4) is 0 Å². The lowest BCUT2D eigenvalue weighted by atomic mass is 9.70. The summed E-state index contributed by atoms with van der Waals surface area (Å²) in [6.07, 6.45) is -20.0. The van der Waals surface area contributed by atoms with Crippen LogP contribution in [0.2, 0.25) is 0 Å². The van der Waals surface area contributed by atoms with E-state index in [0.29, 0.717) is 22.7 Å². The van der Waals surface area contributed by atoms with Gasteiger partial charge in [0.1, 0.15) is 97.0 Å². The number of ether oxygens (including phenoxy) is 6. The first-order chi connectivity index (χ1) is 38.7. The molecule has 22 nitrogen and oxygen atoms in total. The number of aliphatic hydroxyl groups excluding tert-OH is 10. The van der Waals surface area contributed by atoms with Gasteiger partial charge in [-0.2, -0.15) is 0 Å². The van der Waals surface area contributed by atoms with E-state index in [2.05, 4.69) is 78.0 Å². The van der Waals surface area contributed by atoms with Crippen LogP contribution >= 0.6 is 0 Å². The number of aromatic nitrogens is 4. The van der Waals surface area contributed by atoms with Gasteiger partial charge in [-0.05, 0) is 91.5 Å². The van der Waals surface area contributed by atoms with Crippen molar-refractivity contribution in [3.8, 4) is 22.8 Å². The van der Waals surface area contributed by atoms with E-state index < -0.39 is 119 Å². The number of aliphatic hydroxyl groups is 10. The zero-order chi connectivity index (χ0) is 56.1. The molecule has 15 atom stereocenters. The normalized spacial score (nSPS) is 30.8. The molecule has 0 spiro atoms. The molecule has 10 N–H and O–H groups in total. The molecule has 0 saturated carbocycles. The first kappa shape index (κ1) is 55.4. The third kappa shape index (κ3) is 10.3. The number of hydrogen-bond donors (Lipinski definition) is 10. The first-order valence-electron chi connectivity index (χ1n) is 26.3. The van der Waals surface area contributed by atoms with Crippen molar-refractivity contribution in [2.24, 2.45) is 4.99 Å². The molecule has 4 aromatic carbocycles. The molecule has 0 bridgehead atoms. The highest BCUT2D eigenvalue weighted by molar-refractivity contribution is 6.67. The predicted molar refractivity (Wildman–Crippen MR) is 285 cm³/mol. The fraction of sp³-hybridized carbons (Fsp3) is 0.386. The Hall–Kier alpha value is -6.49. The zero-order valence-electron chi connectivity index (χ0n) is 43.7. The molecule has 6 aromatic rings. The molecule has 7 heterocycles. The van der Waals surface area contributed by atoms with Gasteiger partial charge >= 0.3 is 7.05 Å². The van der Waals surface area contributed by atoms with E-state index in [9.17, 15) is 51.1 Å². The molecule has 0 amide bonds. The monoisotopic (exact) mass is 1100 g/mol. The lowest BCUT2D eigenvalue weighted by Crippen LogP contribution is -2.66. The maximum atomic E-state index is 11.5. The minimum atomic E-state index is -1.98. The van der Waals surface area contributed by atoms with Gasteiger partial charge in [0.2, 0.25) is 0 Å². The van der Waals surface area contributed by atoms with Gasteiger partial charge in [0.05, 0.1) is 37.4 Å². The molecule has 3 saturated heterocycles. The fourth-order valence-corrected chi connectivity index (χ4v) is 11.3. The largest absolute Gasteiger partial charge is 0.537 e. The third-order valence-electron chi connectivity index (χ3n) is 15.2. The number of hydrogen-bond acceptors (Lipinski definition) is 20. The molecule has 15 unspecified atom stereocenters. The van der Waals surface area contributed by atoms with Crippen molar-refractivity contribution in [1.29, 1.82) is 0 Å². The summed E-state index contributed by atoms with van der Waals surface area (Å²) in [6.45, 7) is 3.82. The molecule has 0 aliphatic carbocycles. The number of rotatable bonds is 15. The van der Waals surface area contributed by atoms with Crippen LogP contribution in [0.4, 0.5) is 0 Å². The fourth-order valence-electron chi connectivity index (χ4n) is 11.3. The average Bonchev–Trinajstić information content (AvgIpc) is 4.33. The van der Waals surface area contributed by atoms with Crippen LogP contribution in [0.25, 0.3) is 16.8 Å². The Bertz CT molecular complexity index is 3250. The van der Waals surface area contributed by atoms with Crippen LogP contribution in [0.15, 0.2) is 132 Å². The lowest BCUT2D eigenvalue weighted by Gasteiger charge is -2.48. The van der Waals surface area contributed by atoms with E-state index in [1.807, 2.05) is 72.8 Å². The highest BCUT2D eigenvalue weighted by atomic mass is 16.7. The van der Waals surface area contributed by atoms with Crippen LogP contribution in [0, 0.1) is 20.8 Å². The Kier molecular flexibility index (Phi) is 16.1. The summed E-state index contributed by atoms with van der Waals surface area (Å²) >= 11 is 0. The SMILES string of the molecule is Cc1cc(C)c(/C(=C2\C=CC(c3ccccc3OCc3cn(C4OC(CO)C(OC5OC(CO)C(OC6OC(CO)C(O)C(O)C6O)C(O)C5O)C(O)C4O)nn3)=N2)c2ccc3n2B(c2ccccc2)Oc2ccccc2-3)c(C)c1. The quantitative estimate of drug-likeness (QED) is 0.0620. The summed E-state index contributed by atoms with van der Waals surface area (Å²) in [5, 5.41) is 115. The molecule has 0 radical (unpaired) electrons. The number of fused-ring (bicyclic) bond motifs is 3. The van der Waals surface area contributed by atoms with Crippen LogP contribution in [0.1, 0.15) is 45.4 Å². The van der Waals surface area contributed by atoms with Crippen molar-refractivity contribution in [1.82, 2.24) is 19.5 Å². The van der Waals surface area contributed by atoms with E-state index in [1.54, 1.807) is 0 Å². The summed E-state index contributed by atoms with van der Waals surface area (Å²) in [4.78, 5) is 5.33. The van der Waals surface area contributed by atoms with E-state index in [0.717, 1.165) is 66.4 Å². The molecular formula is C57H62BN5O17. The van der Waals surface area contributed by atoms with Gasteiger partial charge in [-0.25, -0.2) is 9.67 Å². The lowest BCUT2D eigenvalue weighted by molar-refractivity contribution is -0.374. The van der Waals surface area contributed by atoms with Gasteiger partial charge in [-0.1, -0.05) is 77.5 Å². The minimum absolute atomic E-state index is 0.102. The Morgan fingerprint density at radius 1 is 0.625 bits per heavy atom. The maximum Gasteiger partial charge on any atom is 0.524 e. The van der Waals surface area contributed by atoms with Crippen LogP contribution < -0.4 is 14.9 Å². The van der Waals surface area contributed by atoms with E-state index in [-0.39, 0.29) is 6.61 Å².